The quantitative estimate of drug-likeness (QED) is 0.469. The van der Waals surface area contributed by atoms with E-state index in [0.29, 0.717) is 21.8 Å². The molecule has 3 aromatic rings. The molecule has 142 valence electrons. The Hall–Kier alpha value is -2.95. The molecule has 0 radical (unpaired) electrons. The number of rotatable bonds is 6. The Kier molecular flexibility index (Phi) is 6.24. The lowest BCUT2D eigenvalue weighted by molar-refractivity contribution is -0.112. The maximum Gasteiger partial charge on any atom is 0.268 e. The first-order valence-corrected chi connectivity index (χ1v) is 9.84. The second-order valence-electron chi connectivity index (χ2n) is 6.50. The zero-order valence-corrected chi connectivity index (χ0v) is 17.0. The van der Waals surface area contributed by atoms with Gasteiger partial charge in [-0.15, -0.1) is 10.2 Å². The smallest absolute Gasteiger partial charge is 0.268 e. The molecular weight excluding hydrogens is 394 g/mol. The molecular formula is C20H18ClN5OS. The largest absolute Gasteiger partial charge is 0.317 e. The molecule has 1 N–H and O–H groups in total. The molecule has 0 aliphatic rings. The summed E-state index contributed by atoms with van der Waals surface area (Å²) >= 11 is 7.26. The van der Waals surface area contributed by atoms with Crippen molar-refractivity contribution in [1.82, 2.24) is 14.8 Å². The number of amides is 1. The molecule has 0 bridgehead atoms. The Labute approximate surface area is 172 Å². The monoisotopic (exact) mass is 411 g/mol. The van der Waals surface area contributed by atoms with E-state index in [4.69, 9.17) is 11.6 Å². The third kappa shape index (κ3) is 4.85. The average molecular weight is 412 g/mol. The summed E-state index contributed by atoms with van der Waals surface area (Å²) in [6.45, 7) is 4.18. The number of hydrogen-bond acceptors (Lipinski definition) is 5. The molecule has 2 aromatic heterocycles. The van der Waals surface area contributed by atoms with E-state index in [1.54, 1.807) is 18.2 Å². The SMILES string of the molecule is CC(C)Cc1nnc(NC(=O)C(C#N)=Cc2cccn2-c2ccc(Cl)cc2)s1. The topological polar surface area (TPSA) is 83.6 Å². The summed E-state index contributed by atoms with van der Waals surface area (Å²) in [6.07, 6.45) is 4.19. The van der Waals surface area contributed by atoms with Crippen molar-refractivity contribution in [2.24, 2.45) is 5.92 Å². The van der Waals surface area contributed by atoms with Gasteiger partial charge in [0.1, 0.15) is 16.6 Å². The minimum absolute atomic E-state index is 0.0190. The first-order chi connectivity index (χ1) is 13.5. The van der Waals surface area contributed by atoms with Gasteiger partial charge in [-0.3, -0.25) is 10.1 Å². The molecule has 6 nitrogen and oxygen atoms in total. The standard InChI is InChI=1S/C20H18ClN5OS/c1-13(2)10-18-24-25-20(28-18)23-19(27)14(12-22)11-17-4-3-9-26(17)16-7-5-15(21)6-8-16/h3-9,11,13H,10H2,1-2H3,(H,23,25,27). The van der Waals surface area contributed by atoms with Crippen molar-refractivity contribution in [2.45, 2.75) is 20.3 Å². The van der Waals surface area contributed by atoms with Gasteiger partial charge >= 0.3 is 0 Å². The normalized spacial score (nSPS) is 11.5. The van der Waals surface area contributed by atoms with Crippen molar-refractivity contribution in [1.29, 1.82) is 5.26 Å². The van der Waals surface area contributed by atoms with E-state index in [0.717, 1.165) is 17.1 Å². The van der Waals surface area contributed by atoms with Crippen LogP contribution in [0.1, 0.15) is 24.5 Å². The molecule has 0 saturated carbocycles. The fourth-order valence-corrected chi connectivity index (χ4v) is 3.62. The Morgan fingerprint density at radius 3 is 2.75 bits per heavy atom. The third-order valence-electron chi connectivity index (χ3n) is 3.81. The molecule has 28 heavy (non-hydrogen) atoms. The predicted octanol–water partition coefficient (Wildman–Crippen LogP) is 4.73. The van der Waals surface area contributed by atoms with Crippen LogP contribution < -0.4 is 5.32 Å². The van der Waals surface area contributed by atoms with Crippen LogP contribution in [0.3, 0.4) is 0 Å². The number of carbonyl (C=O) groups is 1. The van der Waals surface area contributed by atoms with Crippen molar-refractivity contribution in [3.8, 4) is 11.8 Å². The summed E-state index contributed by atoms with van der Waals surface area (Å²) in [6, 6.07) is 12.9. The van der Waals surface area contributed by atoms with Crippen LogP contribution in [0.15, 0.2) is 48.2 Å². The van der Waals surface area contributed by atoms with E-state index in [9.17, 15) is 10.1 Å². The summed E-state index contributed by atoms with van der Waals surface area (Å²) in [5.74, 6) is -0.0645. The number of carbonyl (C=O) groups excluding carboxylic acids is 1. The molecule has 1 aromatic carbocycles. The number of halogens is 1. The molecule has 0 spiro atoms. The van der Waals surface area contributed by atoms with Gasteiger partial charge in [0.2, 0.25) is 5.13 Å². The van der Waals surface area contributed by atoms with E-state index in [1.807, 2.05) is 41.1 Å². The highest BCUT2D eigenvalue weighted by Crippen LogP contribution is 2.21. The zero-order valence-electron chi connectivity index (χ0n) is 15.4. The molecule has 1 amide bonds. The fraction of sp³-hybridized carbons (Fsp3) is 0.200. The van der Waals surface area contributed by atoms with E-state index in [1.165, 1.54) is 11.3 Å². The second-order valence-corrected chi connectivity index (χ2v) is 8.00. The summed E-state index contributed by atoms with van der Waals surface area (Å²) in [5, 5.41) is 22.0. The summed E-state index contributed by atoms with van der Waals surface area (Å²) in [5.41, 5.74) is 1.56. The van der Waals surface area contributed by atoms with Gasteiger partial charge in [-0.05, 0) is 48.4 Å². The van der Waals surface area contributed by atoms with Crippen LogP contribution in [0.25, 0.3) is 11.8 Å². The van der Waals surface area contributed by atoms with Gasteiger partial charge in [0.05, 0.1) is 0 Å². The van der Waals surface area contributed by atoms with Gasteiger partial charge in [-0.25, -0.2) is 0 Å². The minimum atomic E-state index is -0.515. The first kappa shape index (κ1) is 19.8. The molecule has 0 unspecified atom stereocenters. The van der Waals surface area contributed by atoms with Gasteiger partial charge in [-0.1, -0.05) is 36.8 Å². The number of nitriles is 1. The van der Waals surface area contributed by atoms with Gasteiger partial charge in [0, 0.05) is 29.0 Å². The fourth-order valence-electron chi connectivity index (χ4n) is 2.55. The molecule has 0 aliphatic carbocycles. The zero-order chi connectivity index (χ0) is 20.1. The van der Waals surface area contributed by atoms with Gasteiger partial charge in [0.15, 0.2) is 0 Å². The number of nitrogens with zero attached hydrogens (tertiary/aromatic N) is 4. The molecule has 0 fully saturated rings. The average Bonchev–Trinajstić information content (AvgIpc) is 3.29. The number of aromatic nitrogens is 3. The van der Waals surface area contributed by atoms with Crippen molar-refractivity contribution in [3.63, 3.8) is 0 Å². The predicted molar refractivity (Wildman–Crippen MR) is 111 cm³/mol. The molecule has 8 heteroatoms. The minimum Gasteiger partial charge on any atom is -0.317 e. The number of benzene rings is 1. The van der Waals surface area contributed by atoms with E-state index in [2.05, 4.69) is 29.4 Å². The first-order valence-electron chi connectivity index (χ1n) is 8.65. The lowest BCUT2D eigenvalue weighted by atomic mass is 10.1. The highest BCUT2D eigenvalue weighted by molar-refractivity contribution is 7.15. The van der Waals surface area contributed by atoms with Gasteiger partial charge in [0.25, 0.3) is 5.91 Å². The number of anilines is 1. The molecule has 3 rings (SSSR count). The van der Waals surface area contributed by atoms with Crippen LogP contribution in [0.5, 0.6) is 0 Å². The summed E-state index contributed by atoms with van der Waals surface area (Å²) in [7, 11) is 0. The van der Waals surface area contributed by atoms with Crippen LogP contribution in [0.2, 0.25) is 5.02 Å². The molecule has 0 atom stereocenters. The summed E-state index contributed by atoms with van der Waals surface area (Å²) < 4.78 is 1.87. The van der Waals surface area contributed by atoms with E-state index < -0.39 is 5.91 Å². The van der Waals surface area contributed by atoms with Crippen molar-refractivity contribution < 1.29 is 4.79 Å². The number of nitrogens with one attached hydrogen (secondary N) is 1. The van der Waals surface area contributed by atoms with Crippen molar-refractivity contribution in [3.05, 3.63) is 63.9 Å². The Bertz CT molecular complexity index is 1040. The van der Waals surface area contributed by atoms with Gasteiger partial charge < -0.3 is 4.57 Å². The highest BCUT2D eigenvalue weighted by Gasteiger charge is 2.14. The van der Waals surface area contributed by atoms with Crippen LogP contribution in [-0.4, -0.2) is 20.7 Å². The van der Waals surface area contributed by atoms with Crippen molar-refractivity contribution in [2.75, 3.05) is 5.32 Å². The molecule has 2 heterocycles. The van der Waals surface area contributed by atoms with Crippen LogP contribution >= 0.6 is 22.9 Å². The molecule has 0 aliphatic heterocycles. The lowest BCUT2D eigenvalue weighted by Crippen LogP contribution is -2.13. The maximum atomic E-state index is 12.5. The van der Waals surface area contributed by atoms with Gasteiger partial charge in [-0.2, -0.15) is 5.26 Å². The van der Waals surface area contributed by atoms with Crippen LogP contribution in [0, 0.1) is 17.2 Å². The Morgan fingerprint density at radius 1 is 1.32 bits per heavy atom. The van der Waals surface area contributed by atoms with Crippen LogP contribution in [0.4, 0.5) is 5.13 Å². The van der Waals surface area contributed by atoms with Crippen molar-refractivity contribution >= 4 is 40.1 Å². The van der Waals surface area contributed by atoms with E-state index >= 15 is 0 Å². The second kappa shape index (κ2) is 8.83. The Balaban J connectivity index is 1.80. The number of hydrogen-bond donors (Lipinski definition) is 1. The Morgan fingerprint density at radius 2 is 2.07 bits per heavy atom. The molecule has 0 saturated heterocycles. The maximum absolute atomic E-state index is 12.5. The lowest BCUT2D eigenvalue weighted by Gasteiger charge is -2.07. The van der Waals surface area contributed by atoms with E-state index in [-0.39, 0.29) is 5.57 Å². The van der Waals surface area contributed by atoms with Crippen LogP contribution in [-0.2, 0) is 11.2 Å². The highest BCUT2D eigenvalue weighted by atomic mass is 35.5. The third-order valence-corrected chi connectivity index (χ3v) is 4.93. The summed E-state index contributed by atoms with van der Waals surface area (Å²) in [4.78, 5) is 12.5.